The average Bonchev–Trinajstić information content (AvgIpc) is 3.79. The zero-order valence-electron chi connectivity index (χ0n) is 31.0. The van der Waals surface area contributed by atoms with E-state index >= 15 is 0 Å². The molecule has 3 aromatic heterocycles. The summed E-state index contributed by atoms with van der Waals surface area (Å²) in [5.74, 6) is 1.51. The fraction of sp³-hybridized carbons (Fsp3) is 0.277. The topological polar surface area (TPSA) is 25.8 Å². The Labute approximate surface area is 329 Å². The molecule has 3 heterocycles. The summed E-state index contributed by atoms with van der Waals surface area (Å²) in [7, 11) is -1.34. The van der Waals surface area contributed by atoms with Gasteiger partial charge in [0.1, 0.15) is 0 Å². The van der Waals surface area contributed by atoms with Crippen LogP contribution in [0.15, 0.2) is 116 Å². The van der Waals surface area contributed by atoms with Crippen molar-refractivity contribution in [3.63, 3.8) is 0 Å². The van der Waals surface area contributed by atoms with Gasteiger partial charge in [-0.15, -0.1) is 59.7 Å². The van der Waals surface area contributed by atoms with Crippen LogP contribution in [0, 0.1) is 24.0 Å². The van der Waals surface area contributed by atoms with E-state index in [1.54, 1.807) is 0 Å². The molecule has 0 saturated heterocycles. The average molecular weight is 893 g/mol. The first-order valence-corrected chi connectivity index (χ1v) is 22.9. The SMILES string of the molecule is CC(C)Cc1cc(-c2[c-]cccc2)ncc1[Si](C)(C)C.[Ir].[c-]1ccc2c(sc3ccc(-c4ccccc4)cc32)c1-c1cc(CC2CCCC2)ccn1. The Bertz CT molecular complexity index is 2230. The molecule has 0 unspecified atom stereocenters. The molecule has 2 nitrogen and oxygen atoms in total. The van der Waals surface area contributed by atoms with Crippen molar-refractivity contribution in [2.75, 3.05) is 0 Å². The standard InChI is InChI=1S/C29H24NS.C18H24NSi.Ir/c1-2-9-22(10-3-1)23-13-14-28-26(19-23)24-11-6-12-25(29(24)31-28)27-18-21(15-16-30-27)17-20-7-4-5-8-20;1-14(2)11-16-12-17(15-9-7-6-8-10-15)19-13-18(16)20(3,4)5;/h1-3,6,9-11,13-16,18-20H,4-5,7-8,17H2;6-9,12-14H,11H2,1-5H3;/q2*-1;. The van der Waals surface area contributed by atoms with Gasteiger partial charge in [-0.2, -0.15) is 11.3 Å². The predicted octanol–water partition coefficient (Wildman–Crippen LogP) is 12.6. The van der Waals surface area contributed by atoms with Crippen LogP contribution in [0.5, 0.6) is 0 Å². The third-order valence-corrected chi connectivity index (χ3v) is 13.3. The van der Waals surface area contributed by atoms with E-state index < -0.39 is 8.07 Å². The molecule has 1 fully saturated rings. The number of rotatable bonds is 8. The van der Waals surface area contributed by atoms with Gasteiger partial charge in [0.2, 0.25) is 0 Å². The van der Waals surface area contributed by atoms with Crippen molar-refractivity contribution < 1.29 is 20.1 Å². The second-order valence-corrected chi connectivity index (χ2v) is 21.6. The fourth-order valence-electron chi connectivity index (χ4n) is 7.51. The second kappa shape index (κ2) is 16.9. The first-order chi connectivity index (χ1) is 24.7. The molecule has 1 radical (unpaired) electrons. The molecule has 7 aromatic rings. The Morgan fingerprint density at radius 2 is 1.56 bits per heavy atom. The van der Waals surface area contributed by atoms with E-state index in [4.69, 9.17) is 4.98 Å². The fourth-order valence-corrected chi connectivity index (χ4v) is 10.3. The molecule has 0 aliphatic heterocycles. The molecule has 8 rings (SSSR count). The van der Waals surface area contributed by atoms with Gasteiger partial charge in [-0.25, -0.2) is 0 Å². The summed E-state index contributed by atoms with van der Waals surface area (Å²) < 4.78 is 2.60. The number of fused-ring (bicyclic) bond motifs is 3. The molecule has 0 spiro atoms. The number of hydrogen-bond donors (Lipinski definition) is 0. The number of aromatic nitrogens is 2. The molecule has 1 saturated carbocycles. The summed E-state index contributed by atoms with van der Waals surface area (Å²) in [5.41, 5.74) is 9.72. The zero-order chi connectivity index (χ0) is 35.4. The number of hydrogen-bond acceptors (Lipinski definition) is 3. The van der Waals surface area contributed by atoms with Crippen LogP contribution < -0.4 is 5.19 Å². The maximum Gasteiger partial charge on any atom is 0.0798 e. The summed E-state index contributed by atoms with van der Waals surface area (Å²) in [6.45, 7) is 11.7. The number of thiophene rings is 1. The van der Waals surface area contributed by atoms with Crippen molar-refractivity contribution in [3.8, 4) is 33.6 Å². The smallest absolute Gasteiger partial charge is 0.0798 e. The third kappa shape index (κ3) is 8.89. The molecule has 1 aliphatic carbocycles. The van der Waals surface area contributed by atoms with Gasteiger partial charge in [-0.05, 0) is 80.7 Å². The first kappa shape index (κ1) is 38.0. The van der Waals surface area contributed by atoms with E-state index in [1.165, 1.54) is 79.7 Å². The maximum atomic E-state index is 4.75. The molecule has 0 atom stereocenters. The van der Waals surface area contributed by atoms with Crippen LogP contribution in [0.3, 0.4) is 0 Å². The van der Waals surface area contributed by atoms with E-state index in [0.29, 0.717) is 5.92 Å². The molecule has 0 amide bonds. The molecular formula is C47H48IrN2SSi-2. The second-order valence-electron chi connectivity index (χ2n) is 15.5. The van der Waals surface area contributed by atoms with Crippen molar-refractivity contribution in [1.29, 1.82) is 0 Å². The van der Waals surface area contributed by atoms with Crippen LogP contribution in [-0.4, -0.2) is 18.0 Å². The van der Waals surface area contributed by atoms with Crippen molar-refractivity contribution in [2.45, 2.75) is 72.0 Å². The minimum atomic E-state index is -1.34. The van der Waals surface area contributed by atoms with Crippen LogP contribution in [0.25, 0.3) is 53.8 Å². The third-order valence-electron chi connectivity index (χ3n) is 10.0. The van der Waals surface area contributed by atoms with Gasteiger partial charge in [0.15, 0.2) is 0 Å². The molecule has 4 aromatic carbocycles. The van der Waals surface area contributed by atoms with Gasteiger partial charge in [-0.3, -0.25) is 0 Å². The number of benzene rings is 4. The molecule has 0 N–H and O–H groups in total. The minimum Gasteiger partial charge on any atom is -0.305 e. The van der Waals surface area contributed by atoms with Gasteiger partial charge in [0.25, 0.3) is 0 Å². The van der Waals surface area contributed by atoms with Gasteiger partial charge in [0.05, 0.1) is 8.07 Å². The van der Waals surface area contributed by atoms with Gasteiger partial charge in [0, 0.05) is 37.2 Å². The van der Waals surface area contributed by atoms with Crippen molar-refractivity contribution in [1.82, 2.24) is 9.97 Å². The van der Waals surface area contributed by atoms with Gasteiger partial charge < -0.3 is 9.97 Å². The van der Waals surface area contributed by atoms with Crippen molar-refractivity contribution >= 4 is 44.8 Å². The first-order valence-electron chi connectivity index (χ1n) is 18.6. The number of pyridine rings is 2. The van der Waals surface area contributed by atoms with E-state index in [0.717, 1.165) is 34.9 Å². The summed E-state index contributed by atoms with van der Waals surface area (Å²) in [6.07, 6.45) is 11.9. The zero-order valence-corrected chi connectivity index (χ0v) is 35.2. The minimum absolute atomic E-state index is 0. The van der Waals surface area contributed by atoms with Crippen molar-refractivity contribution in [2.24, 2.45) is 11.8 Å². The molecule has 5 heteroatoms. The normalized spacial score (nSPS) is 13.3. The Kier molecular flexibility index (Phi) is 12.4. The molecule has 267 valence electrons. The van der Waals surface area contributed by atoms with Gasteiger partial charge >= 0.3 is 0 Å². The Hall–Kier alpha value is -3.73. The van der Waals surface area contributed by atoms with E-state index in [-0.39, 0.29) is 20.1 Å². The number of nitrogens with zero attached hydrogens (tertiary/aromatic N) is 2. The molecule has 0 bridgehead atoms. The summed E-state index contributed by atoms with van der Waals surface area (Å²) in [6, 6.07) is 43.3. The van der Waals surface area contributed by atoms with Crippen LogP contribution in [-0.2, 0) is 32.9 Å². The Morgan fingerprint density at radius 1 is 0.769 bits per heavy atom. The summed E-state index contributed by atoms with van der Waals surface area (Å²) in [4.78, 5) is 9.43. The maximum absolute atomic E-state index is 4.75. The van der Waals surface area contributed by atoms with E-state index in [1.807, 2.05) is 35.7 Å². The van der Waals surface area contributed by atoms with Crippen LogP contribution in [0.4, 0.5) is 0 Å². The largest absolute Gasteiger partial charge is 0.305 e. The van der Waals surface area contributed by atoms with E-state index in [2.05, 4.69) is 142 Å². The van der Waals surface area contributed by atoms with Gasteiger partial charge in [-0.1, -0.05) is 124 Å². The summed E-state index contributed by atoms with van der Waals surface area (Å²) in [5, 5.41) is 4.11. The van der Waals surface area contributed by atoms with E-state index in [9.17, 15) is 0 Å². The molecule has 52 heavy (non-hydrogen) atoms. The predicted molar refractivity (Wildman–Crippen MR) is 223 cm³/mol. The quantitative estimate of drug-likeness (QED) is 0.112. The molecular weight excluding hydrogens is 845 g/mol. The van der Waals surface area contributed by atoms with Crippen LogP contribution in [0.2, 0.25) is 19.6 Å². The molecule has 1 aliphatic rings. The van der Waals surface area contributed by atoms with Crippen molar-refractivity contribution in [3.05, 3.63) is 139 Å². The Morgan fingerprint density at radius 3 is 2.29 bits per heavy atom. The van der Waals surface area contributed by atoms with Crippen LogP contribution >= 0.6 is 11.3 Å². The van der Waals surface area contributed by atoms with Crippen LogP contribution in [0.1, 0.15) is 50.7 Å². The summed E-state index contributed by atoms with van der Waals surface area (Å²) >= 11 is 1.85. The Balaban J connectivity index is 0.000000193. The monoisotopic (exact) mass is 893 g/mol.